The van der Waals surface area contributed by atoms with Crippen molar-refractivity contribution in [3.8, 4) is 11.3 Å². The number of fused-ring (bicyclic) bond motifs is 3. The van der Waals surface area contributed by atoms with E-state index < -0.39 is 0 Å². The number of aromatic amines is 1. The summed E-state index contributed by atoms with van der Waals surface area (Å²) < 4.78 is 5.32. The van der Waals surface area contributed by atoms with Crippen LogP contribution >= 0.6 is 0 Å². The Morgan fingerprint density at radius 2 is 1.74 bits per heavy atom. The molecule has 3 amide bonds. The molecule has 11 nitrogen and oxygen atoms in total. The van der Waals surface area contributed by atoms with Gasteiger partial charge in [0.05, 0.1) is 35.7 Å². The first-order chi connectivity index (χ1) is 18.5. The molecule has 0 unspecified atom stereocenters. The molecule has 2 saturated heterocycles. The molecular weight excluding hydrogens is 486 g/mol. The minimum absolute atomic E-state index is 0.0549. The van der Waals surface area contributed by atoms with Gasteiger partial charge in [-0.2, -0.15) is 5.10 Å². The van der Waals surface area contributed by atoms with Crippen LogP contribution in [0.3, 0.4) is 0 Å². The zero-order valence-corrected chi connectivity index (χ0v) is 21.8. The van der Waals surface area contributed by atoms with Gasteiger partial charge in [0.1, 0.15) is 5.69 Å². The van der Waals surface area contributed by atoms with Crippen LogP contribution in [0.25, 0.3) is 11.3 Å². The van der Waals surface area contributed by atoms with Gasteiger partial charge < -0.3 is 19.9 Å². The molecule has 3 fully saturated rings. The number of ketones is 1. The van der Waals surface area contributed by atoms with Crippen LogP contribution in [0.5, 0.6) is 0 Å². The topological polar surface area (TPSA) is 123 Å². The van der Waals surface area contributed by atoms with Gasteiger partial charge in [-0.25, -0.2) is 9.80 Å². The average Bonchev–Trinajstić information content (AvgIpc) is 3.49. The lowest BCUT2D eigenvalue weighted by molar-refractivity contribution is -0.138. The summed E-state index contributed by atoms with van der Waals surface area (Å²) in [6.07, 6.45) is 3.32. The molecule has 0 atom stereocenters. The number of benzene rings is 1. The van der Waals surface area contributed by atoms with E-state index in [9.17, 15) is 14.4 Å². The summed E-state index contributed by atoms with van der Waals surface area (Å²) in [7, 11) is 2.09. The number of likely N-dealkylation sites (N-methyl/N-ethyl adjacent to an activating group) is 1. The highest BCUT2D eigenvalue weighted by atomic mass is 16.5. The number of nitrogens with one attached hydrogen (secondary N) is 3. The van der Waals surface area contributed by atoms with Gasteiger partial charge in [0.25, 0.3) is 0 Å². The second-order valence-electron chi connectivity index (χ2n) is 10.8. The lowest BCUT2D eigenvalue weighted by atomic mass is 9.78. The Bertz CT molecular complexity index is 1220. The largest absolute Gasteiger partial charge is 0.379 e. The van der Waals surface area contributed by atoms with Crippen LogP contribution in [0.15, 0.2) is 18.2 Å². The standard InChI is InChI=1S/C27H35N7O4/c1-32-9-11-33(12-10-32)26(36)18-7-5-17(6-8-18)23-22-24(30-29-23)19-3-2-4-20(21(19)25(22)35)28-27(37)31-34-13-15-38-16-14-34/h2-4,17-18H,5-16H2,1H3,(H,29,30)(H2,28,31,37). The molecule has 202 valence electrons. The fourth-order valence-corrected chi connectivity index (χ4v) is 6.18. The predicted octanol–water partition coefficient (Wildman–Crippen LogP) is 2.04. The van der Waals surface area contributed by atoms with E-state index in [-0.39, 0.29) is 29.6 Å². The van der Waals surface area contributed by atoms with Crippen molar-refractivity contribution in [2.45, 2.75) is 31.6 Å². The molecule has 1 saturated carbocycles. The molecule has 2 aliphatic heterocycles. The van der Waals surface area contributed by atoms with E-state index >= 15 is 0 Å². The number of hydrazine groups is 1. The minimum Gasteiger partial charge on any atom is -0.379 e. The Labute approximate surface area is 221 Å². The summed E-state index contributed by atoms with van der Waals surface area (Å²) >= 11 is 0. The summed E-state index contributed by atoms with van der Waals surface area (Å²) in [6.45, 7) is 5.81. The molecule has 1 aromatic heterocycles. The third-order valence-corrected chi connectivity index (χ3v) is 8.39. The predicted molar refractivity (Wildman–Crippen MR) is 141 cm³/mol. The lowest BCUT2D eigenvalue weighted by Crippen LogP contribution is -2.49. The van der Waals surface area contributed by atoms with E-state index in [0.29, 0.717) is 48.8 Å². The van der Waals surface area contributed by atoms with Crippen LogP contribution in [-0.2, 0) is 9.53 Å². The fraction of sp³-hybridized carbons (Fsp3) is 0.556. The molecule has 4 aliphatic rings. The van der Waals surface area contributed by atoms with E-state index in [2.05, 4.69) is 32.9 Å². The van der Waals surface area contributed by atoms with Crippen molar-refractivity contribution in [3.05, 3.63) is 35.0 Å². The van der Waals surface area contributed by atoms with Crippen molar-refractivity contribution in [2.75, 3.05) is 64.8 Å². The van der Waals surface area contributed by atoms with E-state index in [1.165, 1.54) is 0 Å². The van der Waals surface area contributed by atoms with Crippen molar-refractivity contribution < 1.29 is 19.1 Å². The van der Waals surface area contributed by atoms with E-state index in [1.807, 2.05) is 17.0 Å². The number of anilines is 1. The van der Waals surface area contributed by atoms with Gasteiger partial charge in [-0.05, 0) is 38.8 Å². The van der Waals surface area contributed by atoms with Gasteiger partial charge in [0, 0.05) is 56.7 Å². The van der Waals surface area contributed by atoms with Crippen molar-refractivity contribution in [1.82, 2.24) is 30.4 Å². The van der Waals surface area contributed by atoms with Crippen molar-refractivity contribution >= 4 is 23.4 Å². The number of aromatic nitrogens is 2. The van der Waals surface area contributed by atoms with Crippen LogP contribution in [0, 0.1) is 5.92 Å². The number of carbonyl (C=O) groups is 3. The summed E-state index contributed by atoms with van der Waals surface area (Å²) in [5.41, 5.74) is 6.63. The third kappa shape index (κ3) is 4.70. The summed E-state index contributed by atoms with van der Waals surface area (Å²) in [6, 6.07) is 5.07. The second kappa shape index (κ2) is 10.5. The molecule has 0 radical (unpaired) electrons. The van der Waals surface area contributed by atoms with Gasteiger partial charge in [-0.1, -0.05) is 12.1 Å². The van der Waals surface area contributed by atoms with Gasteiger partial charge >= 0.3 is 6.03 Å². The molecule has 11 heteroatoms. The van der Waals surface area contributed by atoms with Crippen LogP contribution < -0.4 is 10.7 Å². The Kier molecular flexibility index (Phi) is 6.89. The zero-order chi connectivity index (χ0) is 26.2. The van der Waals surface area contributed by atoms with E-state index in [1.54, 1.807) is 11.1 Å². The number of amides is 3. The zero-order valence-electron chi connectivity index (χ0n) is 21.8. The number of nitrogens with zero attached hydrogens (tertiary/aromatic N) is 4. The monoisotopic (exact) mass is 521 g/mol. The maximum absolute atomic E-state index is 13.7. The van der Waals surface area contributed by atoms with Crippen molar-refractivity contribution in [3.63, 3.8) is 0 Å². The van der Waals surface area contributed by atoms with Crippen LogP contribution in [-0.4, -0.2) is 102 Å². The molecule has 0 bridgehead atoms. The Balaban J connectivity index is 1.13. The van der Waals surface area contributed by atoms with Gasteiger partial charge in [0.15, 0.2) is 5.78 Å². The van der Waals surface area contributed by atoms with Crippen LogP contribution in [0.1, 0.15) is 53.2 Å². The highest BCUT2D eigenvalue weighted by Gasteiger charge is 2.39. The summed E-state index contributed by atoms with van der Waals surface area (Å²) in [5.74, 6) is 0.374. The first-order valence-corrected chi connectivity index (χ1v) is 13.6. The number of piperazine rings is 1. The van der Waals surface area contributed by atoms with Crippen molar-refractivity contribution in [2.24, 2.45) is 5.92 Å². The van der Waals surface area contributed by atoms with E-state index in [0.717, 1.165) is 63.1 Å². The number of ether oxygens (including phenoxy) is 1. The first-order valence-electron chi connectivity index (χ1n) is 13.6. The van der Waals surface area contributed by atoms with Crippen molar-refractivity contribution in [1.29, 1.82) is 0 Å². The van der Waals surface area contributed by atoms with Crippen LogP contribution in [0.4, 0.5) is 10.5 Å². The molecule has 0 spiro atoms. The Morgan fingerprint density at radius 1 is 1.00 bits per heavy atom. The normalized spacial score (nSPS) is 24.1. The van der Waals surface area contributed by atoms with Gasteiger partial charge in [-0.3, -0.25) is 20.1 Å². The third-order valence-electron chi connectivity index (χ3n) is 8.39. The molecule has 38 heavy (non-hydrogen) atoms. The number of urea groups is 1. The molecule has 2 aliphatic carbocycles. The number of rotatable bonds is 4. The molecular formula is C27H35N7O4. The fourth-order valence-electron chi connectivity index (χ4n) is 6.18. The highest BCUT2D eigenvalue weighted by molar-refractivity contribution is 6.25. The lowest BCUT2D eigenvalue weighted by Gasteiger charge is -2.36. The number of H-pyrrole nitrogens is 1. The number of hydrogen-bond donors (Lipinski definition) is 3. The Hall–Kier alpha value is -3.28. The maximum atomic E-state index is 13.7. The molecule has 6 rings (SSSR count). The molecule has 3 heterocycles. The average molecular weight is 522 g/mol. The Morgan fingerprint density at radius 3 is 2.47 bits per heavy atom. The maximum Gasteiger partial charge on any atom is 0.333 e. The van der Waals surface area contributed by atoms with Gasteiger partial charge in [0.2, 0.25) is 5.91 Å². The SMILES string of the molecule is CN1CCN(C(=O)C2CCC(c3[nH]nc4c3C(=O)c3c(NC(=O)NN5CCOCC5)cccc3-4)CC2)CC1. The minimum atomic E-state index is -0.386. The second-order valence-corrected chi connectivity index (χ2v) is 10.8. The quantitative estimate of drug-likeness (QED) is 0.480. The highest BCUT2D eigenvalue weighted by Crippen LogP contribution is 2.45. The van der Waals surface area contributed by atoms with Crippen LogP contribution in [0.2, 0.25) is 0 Å². The number of hydrogen-bond acceptors (Lipinski definition) is 7. The summed E-state index contributed by atoms with van der Waals surface area (Å²) in [5, 5.41) is 12.4. The molecule has 1 aromatic carbocycles. The number of morpholine rings is 1. The molecule has 3 N–H and O–H groups in total. The van der Waals surface area contributed by atoms with Gasteiger partial charge in [-0.15, -0.1) is 0 Å². The number of carbonyl (C=O) groups excluding carboxylic acids is 3. The first kappa shape index (κ1) is 25.0. The van der Waals surface area contributed by atoms with E-state index in [4.69, 9.17) is 4.74 Å². The molecule has 2 aromatic rings. The summed E-state index contributed by atoms with van der Waals surface area (Å²) in [4.78, 5) is 43.7. The smallest absolute Gasteiger partial charge is 0.333 e.